The zero-order chi connectivity index (χ0) is 20.7. The Balaban J connectivity index is 1.57. The number of carbonyl (C=O) groups excluding carboxylic acids is 1. The van der Waals surface area contributed by atoms with E-state index in [9.17, 15) is 4.79 Å². The first-order chi connectivity index (χ1) is 14.6. The smallest absolute Gasteiger partial charge is 0.260 e. The van der Waals surface area contributed by atoms with Gasteiger partial charge in [-0.3, -0.25) is 9.69 Å². The minimum Gasteiger partial charge on any atom is -0.376 e. The molecule has 5 heteroatoms. The van der Waals surface area contributed by atoms with Crippen LogP contribution in [-0.4, -0.2) is 30.1 Å². The van der Waals surface area contributed by atoms with Gasteiger partial charge in [-0.05, 0) is 66.8 Å². The number of fused-ring (bicyclic) bond motifs is 2. The Bertz CT molecular complexity index is 1240. The van der Waals surface area contributed by atoms with E-state index in [0.717, 1.165) is 45.6 Å². The third kappa shape index (κ3) is 3.48. The summed E-state index contributed by atoms with van der Waals surface area (Å²) in [6, 6.07) is 18.2. The molecule has 0 bridgehead atoms. The molecule has 1 unspecified atom stereocenters. The van der Waals surface area contributed by atoms with Crippen LogP contribution in [-0.2, 0) is 4.74 Å². The lowest BCUT2D eigenvalue weighted by Crippen LogP contribution is -2.37. The van der Waals surface area contributed by atoms with Gasteiger partial charge < -0.3 is 4.74 Å². The summed E-state index contributed by atoms with van der Waals surface area (Å²) in [5, 5.41) is 2.94. The zero-order valence-corrected chi connectivity index (χ0v) is 18.0. The maximum Gasteiger partial charge on any atom is 0.260 e. The molecule has 0 saturated carbocycles. The number of rotatable bonds is 4. The van der Waals surface area contributed by atoms with E-state index in [1.807, 2.05) is 41.3 Å². The van der Waals surface area contributed by atoms with Gasteiger partial charge in [0.1, 0.15) is 0 Å². The van der Waals surface area contributed by atoms with Crippen LogP contribution in [0, 0.1) is 13.8 Å². The number of aromatic nitrogens is 1. The fraction of sp³-hybridized carbons (Fsp3) is 0.280. The number of ether oxygens (including phenoxy) is 1. The van der Waals surface area contributed by atoms with Crippen molar-refractivity contribution in [1.82, 2.24) is 4.98 Å². The average molecular weight is 417 g/mol. The van der Waals surface area contributed by atoms with Crippen LogP contribution in [0.15, 0.2) is 54.6 Å². The molecule has 3 aromatic carbocycles. The summed E-state index contributed by atoms with van der Waals surface area (Å²) in [5.74, 6) is -0.0234. The maximum atomic E-state index is 13.6. The highest BCUT2D eigenvalue weighted by Crippen LogP contribution is 2.33. The van der Waals surface area contributed by atoms with Crippen LogP contribution >= 0.6 is 11.3 Å². The van der Waals surface area contributed by atoms with Crippen molar-refractivity contribution >= 4 is 43.4 Å². The number of thiazole rings is 1. The lowest BCUT2D eigenvalue weighted by Gasteiger charge is -2.23. The Hall–Kier alpha value is -2.76. The standard InChI is InChI=1S/C25H24N2O2S/c1-16-9-12-22-23(17(16)2)26-25(30-22)27(15-21-8-5-13-29-21)24(28)20-11-10-18-6-3-4-7-19(18)14-20/h3-4,6-7,9-12,14,21H,5,8,13,15H2,1-2H3. The van der Waals surface area contributed by atoms with Gasteiger partial charge in [0.2, 0.25) is 0 Å². The van der Waals surface area contributed by atoms with Crippen LogP contribution in [0.2, 0.25) is 0 Å². The molecule has 30 heavy (non-hydrogen) atoms. The lowest BCUT2D eigenvalue weighted by atomic mass is 10.1. The first kappa shape index (κ1) is 19.2. The topological polar surface area (TPSA) is 42.4 Å². The molecule has 1 fully saturated rings. The number of hydrogen-bond donors (Lipinski definition) is 0. The molecule has 4 nitrogen and oxygen atoms in total. The first-order valence-corrected chi connectivity index (χ1v) is 11.2. The second-order valence-electron chi connectivity index (χ2n) is 7.96. The number of amides is 1. The van der Waals surface area contributed by atoms with Crippen LogP contribution in [0.1, 0.15) is 34.3 Å². The first-order valence-electron chi connectivity index (χ1n) is 10.4. The number of anilines is 1. The molecular formula is C25H24N2O2S. The molecule has 1 aliphatic heterocycles. The monoisotopic (exact) mass is 416 g/mol. The summed E-state index contributed by atoms with van der Waals surface area (Å²) in [5.41, 5.74) is 4.05. The summed E-state index contributed by atoms with van der Waals surface area (Å²) < 4.78 is 6.97. The Kier molecular flexibility index (Phi) is 5.01. The van der Waals surface area contributed by atoms with Crippen LogP contribution in [0.4, 0.5) is 5.13 Å². The van der Waals surface area contributed by atoms with Crippen molar-refractivity contribution in [3.05, 3.63) is 71.3 Å². The Morgan fingerprint density at radius 2 is 1.97 bits per heavy atom. The molecule has 1 saturated heterocycles. The highest BCUT2D eigenvalue weighted by Gasteiger charge is 2.27. The van der Waals surface area contributed by atoms with Gasteiger partial charge in [-0.25, -0.2) is 4.98 Å². The molecule has 0 radical (unpaired) electrons. The second-order valence-corrected chi connectivity index (χ2v) is 8.97. The van der Waals surface area contributed by atoms with Crippen molar-refractivity contribution in [2.45, 2.75) is 32.8 Å². The molecule has 4 aromatic rings. The van der Waals surface area contributed by atoms with Crippen LogP contribution < -0.4 is 4.90 Å². The predicted molar refractivity (Wildman–Crippen MR) is 124 cm³/mol. The Morgan fingerprint density at radius 3 is 2.77 bits per heavy atom. The quantitative estimate of drug-likeness (QED) is 0.416. The van der Waals surface area contributed by atoms with Crippen molar-refractivity contribution < 1.29 is 9.53 Å². The number of benzene rings is 3. The highest BCUT2D eigenvalue weighted by atomic mass is 32.1. The summed E-state index contributed by atoms with van der Waals surface area (Å²) in [6.45, 7) is 5.49. The van der Waals surface area contributed by atoms with Crippen molar-refractivity contribution in [2.24, 2.45) is 0 Å². The average Bonchev–Trinajstić information content (AvgIpc) is 3.44. The third-order valence-electron chi connectivity index (χ3n) is 5.96. The van der Waals surface area contributed by atoms with Crippen LogP contribution in [0.25, 0.3) is 21.0 Å². The van der Waals surface area contributed by atoms with Crippen LogP contribution in [0.5, 0.6) is 0 Å². The highest BCUT2D eigenvalue weighted by molar-refractivity contribution is 7.22. The fourth-order valence-corrected chi connectivity index (χ4v) is 5.08. The van der Waals surface area contributed by atoms with E-state index < -0.39 is 0 Å². The third-order valence-corrected chi connectivity index (χ3v) is 7.00. The summed E-state index contributed by atoms with van der Waals surface area (Å²) in [7, 11) is 0. The van der Waals surface area contributed by atoms with Gasteiger partial charge in [0.15, 0.2) is 5.13 Å². The molecule has 152 valence electrons. The van der Waals surface area contributed by atoms with E-state index in [2.05, 4.69) is 32.0 Å². The molecule has 0 aliphatic carbocycles. The number of carbonyl (C=O) groups is 1. The van der Waals surface area contributed by atoms with E-state index >= 15 is 0 Å². The summed E-state index contributed by atoms with van der Waals surface area (Å²) in [6.07, 6.45) is 2.08. The number of aryl methyl sites for hydroxylation is 2. The number of hydrogen-bond acceptors (Lipinski definition) is 4. The Labute approximate surface area is 180 Å². The molecule has 1 aliphatic rings. The molecule has 0 spiro atoms. The van der Waals surface area contributed by atoms with Crippen molar-refractivity contribution in [3.63, 3.8) is 0 Å². The van der Waals surface area contributed by atoms with Crippen LogP contribution in [0.3, 0.4) is 0 Å². The van der Waals surface area contributed by atoms with E-state index in [-0.39, 0.29) is 12.0 Å². The Morgan fingerprint density at radius 1 is 1.13 bits per heavy atom. The normalized spacial score (nSPS) is 16.4. The van der Waals surface area contributed by atoms with Gasteiger partial charge in [0.05, 0.1) is 22.9 Å². The molecule has 0 N–H and O–H groups in total. The van der Waals surface area contributed by atoms with Gasteiger partial charge in [-0.1, -0.05) is 47.7 Å². The van der Waals surface area contributed by atoms with Gasteiger partial charge in [0, 0.05) is 12.2 Å². The fourth-order valence-electron chi connectivity index (χ4n) is 4.05. The van der Waals surface area contributed by atoms with Gasteiger partial charge in [0.25, 0.3) is 5.91 Å². The second kappa shape index (κ2) is 7.82. The lowest BCUT2D eigenvalue weighted by molar-refractivity contribution is 0.0917. The molecule has 2 heterocycles. The van der Waals surface area contributed by atoms with E-state index in [0.29, 0.717) is 12.1 Å². The van der Waals surface area contributed by atoms with Crippen molar-refractivity contribution in [3.8, 4) is 0 Å². The molecular weight excluding hydrogens is 392 g/mol. The van der Waals surface area contributed by atoms with Gasteiger partial charge in [-0.2, -0.15) is 0 Å². The SMILES string of the molecule is Cc1ccc2sc(N(CC3CCCO3)C(=O)c3ccc4ccccc4c3)nc2c1C. The summed E-state index contributed by atoms with van der Waals surface area (Å²) >= 11 is 1.58. The van der Waals surface area contributed by atoms with Crippen molar-refractivity contribution in [2.75, 3.05) is 18.1 Å². The van der Waals surface area contributed by atoms with Gasteiger partial charge >= 0.3 is 0 Å². The largest absolute Gasteiger partial charge is 0.376 e. The van der Waals surface area contributed by atoms with E-state index in [1.165, 1.54) is 11.1 Å². The molecule has 1 atom stereocenters. The number of nitrogens with zero attached hydrogens (tertiary/aromatic N) is 2. The minimum atomic E-state index is -0.0234. The van der Waals surface area contributed by atoms with E-state index in [4.69, 9.17) is 9.72 Å². The molecule has 5 rings (SSSR count). The molecule has 1 aromatic heterocycles. The molecule has 1 amide bonds. The summed E-state index contributed by atoms with van der Waals surface area (Å²) in [4.78, 5) is 20.4. The van der Waals surface area contributed by atoms with E-state index in [1.54, 1.807) is 11.3 Å². The predicted octanol–water partition coefficient (Wildman–Crippen LogP) is 5.89. The zero-order valence-electron chi connectivity index (χ0n) is 17.2. The van der Waals surface area contributed by atoms with Crippen molar-refractivity contribution in [1.29, 1.82) is 0 Å². The minimum absolute atomic E-state index is 0.0234. The van der Waals surface area contributed by atoms with Gasteiger partial charge in [-0.15, -0.1) is 0 Å². The maximum absolute atomic E-state index is 13.6.